The summed E-state index contributed by atoms with van der Waals surface area (Å²) in [6.45, 7) is 5.64. The molecule has 6 heteroatoms. The summed E-state index contributed by atoms with van der Waals surface area (Å²) in [5.74, 6) is 1.31. The van der Waals surface area contributed by atoms with Crippen LogP contribution in [0, 0.1) is 0 Å². The minimum atomic E-state index is -0.195. The quantitative estimate of drug-likeness (QED) is 0.687. The van der Waals surface area contributed by atoms with Gasteiger partial charge in [0.1, 0.15) is 0 Å². The lowest BCUT2D eigenvalue weighted by atomic mass is 10.2. The van der Waals surface area contributed by atoms with E-state index in [0.29, 0.717) is 31.2 Å². The fourth-order valence-electron chi connectivity index (χ4n) is 1.83. The van der Waals surface area contributed by atoms with Crippen molar-refractivity contribution in [1.82, 2.24) is 10.6 Å². The van der Waals surface area contributed by atoms with E-state index in [-0.39, 0.29) is 12.1 Å². The molecule has 1 aromatic rings. The van der Waals surface area contributed by atoms with Crippen LogP contribution in [0.3, 0.4) is 0 Å². The molecule has 6 nitrogen and oxygen atoms in total. The first-order valence-corrected chi connectivity index (χ1v) is 7.41. The van der Waals surface area contributed by atoms with Crippen LogP contribution in [0.4, 0.5) is 4.79 Å². The zero-order chi connectivity index (χ0) is 16.4. The van der Waals surface area contributed by atoms with Crippen molar-refractivity contribution in [3.05, 3.63) is 23.8 Å². The van der Waals surface area contributed by atoms with Crippen molar-refractivity contribution in [2.24, 2.45) is 0 Å². The Balaban J connectivity index is 2.29. The first-order valence-electron chi connectivity index (χ1n) is 7.41. The van der Waals surface area contributed by atoms with Crippen LogP contribution in [-0.2, 0) is 11.3 Å². The molecule has 0 bridgehead atoms. The predicted molar refractivity (Wildman–Crippen MR) is 85.5 cm³/mol. The van der Waals surface area contributed by atoms with Crippen LogP contribution in [0.1, 0.15) is 25.8 Å². The Bertz CT molecular complexity index is 463. The van der Waals surface area contributed by atoms with Crippen LogP contribution in [0.25, 0.3) is 0 Å². The zero-order valence-electron chi connectivity index (χ0n) is 13.8. The van der Waals surface area contributed by atoms with Gasteiger partial charge in [-0.1, -0.05) is 6.07 Å². The molecule has 0 aliphatic heterocycles. The number of methoxy groups -OCH3 is 2. The molecule has 2 amide bonds. The minimum absolute atomic E-state index is 0.195. The Morgan fingerprint density at radius 1 is 1.14 bits per heavy atom. The number of carbonyl (C=O) groups is 1. The Kier molecular flexibility index (Phi) is 8.14. The largest absolute Gasteiger partial charge is 0.493 e. The summed E-state index contributed by atoms with van der Waals surface area (Å²) in [5, 5.41) is 5.59. The van der Waals surface area contributed by atoms with Crippen LogP contribution in [0.2, 0.25) is 0 Å². The predicted octanol–water partition coefficient (Wildman–Crippen LogP) is 2.32. The Hall–Kier alpha value is -1.95. The van der Waals surface area contributed by atoms with Crippen LogP contribution in [0.5, 0.6) is 11.5 Å². The lowest BCUT2D eigenvalue weighted by Gasteiger charge is -2.11. The highest BCUT2D eigenvalue weighted by atomic mass is 16.5. The summed E-state index contributed by atoms with van der Waals surface area (Å²) >= 11 is 0. The third kappa shape index (κ3) is 6.67. The van der Waals surface area contributed by atoms with Crippen LogP contribution < -0.4 is 20.1 Å². The maximum absolute atomic E-state index is 11.7. The van der Waals surface area contributed by atoms with Crippen molar-refractivity contribution in [3.63, 3.8) is 0 Å². The van der Waals surface area contributed by atoms with E-state index in [1.165, 1.54) is 0 Å². The van der Waals surface area contributed by atoms with Gasteiger partial charge in [0.2, 0.25) is 0 Å². The van der Waals surface area contributed by atoms with Crippen LogP contribution in [0.15, 0.2) is 18.2 Å². The van der Waals surface area contributed by atoms with Crippen molar-refractivity contribution in [2.75, 3.05) is 27.4 Å². The summed E-state index contributed by atoms with van der Waals surface area (Å²) in [5.41, 5.74) is 0.941. The summed E-state index contributed by atoms with van der Waals surface area (Å²) in [7, 11) is 3.17. The third-order valence-electron chi connectivity index (χ3n) is 2.96. The van der Waals surface area contributed by atoms with Crippen molar-refractivity contribution in [2.45, 2.75) is 32.9 Å². The first-order chi connectivity index (χ1) is 10.6. The fourth-order valence-corrected chi connectivity index (χ4v) is 1.83. The molecule has 0 aromatic heterocycles. The minimum Gasteiger partial charge on any atom is -0.493 e. The Labute approximate surface area is 132 Å². The van der Waals surface area contributed by atoms with Crippen molar-refractivity contribution >= 4 is 6.03 Å². The molecule has 1 rings (SSSR count). The number of urea groups is 1. The highest BCUT2D eigenvalue weighted by Gasteiger charge is 2.05. The number of ether oxygens (including phenoxy) is 3. The van der Waals surface area contributed by atoms with E-state index in [9.17, 15) is 4.79 Å². The van der Waals surface area contributed by atoms with Gasteiger partial charge in [0.15, 0.2) is 11.5 Å². The molecular weight excluding hydrogens is 284 g/mol. The highest BCUT2D eigenvalue weighted by molar-refractivity contribution is 5.73. The maximum atomic E-state index is 11.7. The lowest BCUT2D eigenvalue weighted by molar-refractivity contribution is 0.0774. The molecule has 0 unspecified atom stereocenters. The molecule has 0 aliphatic rings. The monoisotopic (exact) mass is 310 g/mol. The standard InChI is InChI=1S/C16H26N2O4/c1-12(2)22-9-5-8-17-16(19)18-11-13-6-7-14(20-3)15(10-13)21-4/h6-7,10,12H,5,8-9,11H2,1-4H3,(H2,17,18,19). The molecule has 0 aliphatic carbocycles. The Morgan fingerprint density at radius 2 is 1.86 bits per heavy atom. The number of rotatable bonds is 9. The lowest BCUT2D eigenvalue weighted by Crippen LogP contribution is -2.35. The molecule has 1 aromatic carbocycles. The van der Waals surface area contributed by atoms with Gasteiger partial charge in [-0.15, -0.1) is 0 Å². The molecule has 0 heterocycles. The number of carbonyl (C=O) groups excluding carboxylic acids is 1. The number of hydrogen-bond acceptors (Lipinski definition) is 4. The van der Waals surface area contributed by atoms with Gasteiger partial charge < -0.3 is 24.8 Å². The second-order valence-electron chi connectivity index (χ2n) is 5.07. The normalized spacial score (nSPS) is 10.4. The van der Waals surface area contributed by atoms with Crippen molar-refractivity contribution in [1.29, 1.82) is 0 Å². The van der Waals surface area contributed by atoms with E-state index in [0.717, 1.165) is 12.0 Å². The molecule has 0 saturated heterocycles. The topological polar surface area (TPSA) is 68.8 Å². The molecular formula is C16H26N2O4. The SMILES string of the molecule is COc1ccc(CNC(=O)NCCCOC(C)C)cc1OC. The second-order valence-corrected chi connectivity index (χ2v) is 5.07. The highest BCUT2D eigenvalue weighted by Crippen LogP contribution is 2.27. The van der Waals surface area contributed by atoms with Crippen molar-refractivity contribution < 1.29 is 19.0 Å². The zero-order valence-corrected chi connectivity index (χ0v) is 13.8. The fraction of sp³-hybridized carbons (Fsp3) is 0.562. The van der Waals surface area contributed by atoms with Gasteiger partial charge in [-0.05, 0) is 38.0 Å². The molecule has 124 valence electrons. The van der Waals surface area contributed by atoms with E-state index < -0.39 is 0 Å². The summed E-state index contributed by atoms with van der Waals surface area (Å²) in [4.78, 5) is 11.7. The van der Waals surface area contributed by atoms with E-state index in [2.05, 4.69) is 10.6 Å². The van der Waals surface area contributed by atoms with Gasteiger partial charge in [-0.25, -0.2) is 4.79 Å². The molecule has 22 heavy (non-hydrogen) atoms. The van der Waals surface area contributed by atoms with Gasteiger partial charge in [-0.3, -0.25) is 0 Å². The second kappa shape index (κ2) is 9.89. The molecule has 0 saturated carbocycles. The molecule has 0 fully saturated rings. The first kappa shape index (κ1) is 18.1. The van der Waals surface area contributed by atoms with Crippen molar-refractivity contribution in [3.8, 4) is 11.5 Å². The summed E-state index contributed by atoms with van der Waals surface area (Å²) in [6.07, 6.45) is 1.01. The number of amides is 2. The average molecular weight is 310 g/mol. The van der Waals surface area contributed by atoms with E-state index >= 15 is 0 Å². The van der Waals surface area contributed by atoms with E-state index in [1.54, 1.807) is 14.2 Å². The van der Waals surface area contributed by atoms with Gasteiger partial charge in [0, 0.05) is 19.7 Å². The molecule has 0 atom stereocenters. The molecule has 0 spiro atoms. The summed E-state index contributed by atoms with van der Waals surface area (Å²) < 4.78 is 15.8. The number of nitrogens with one attached hydrogen (secondary N) is 2. The smallest absolute Gasteiger partial charge is 0.315 e. The van der Waals surface area contributed by atoms with Gasteiger partial charge >= 0.3 is 6.03 Å². The summed E-state index contributed by atoms with van der Waals surface area (Å²) in [6, 6.07) is 5.35. The number of benzene rings is 1. The third-order valence-corrected chi connectivity index (χ3v) is 2.96. The molecule has 2 N–H and O–H groups in total. The molecule has 0 radical (unpaired) electrons. The van der Waals surface area contributed by atoms with Crippen LogP contribution in [-0.4, -0.2) is 39.5 Å². The maximum Gasteiger partial charge on any atom is 0.315 e. The number of hydrogen-bond donors (Lipinski definition) is 2. The Morgan fingerprint density at radius 3 is 2.50 bits per heavy atom. The van der Waals surface area contributed by atoms with E-state index in [1.807, 2.05) is 32.0 Å². The van der Waals surface area contributed by atoms with Crippen LogP contribution >= 0.6 is 0 Å². The van der Waals surface area contributed by atoms with Gasteiger partial charge in [-0.2, -0.15) is 0 Å². The van der Waals surface area contributed by atoms with Gasteiger partial charge in [0.05, 0.1) is 20.3 Å². The van der Waals surface area contributed by atoms with Gasteiger partial charge in [0.25, 0.3) is 0 Å². The average Bonchev–Trinajstić information content (AvgIpc) is 2.51. The van der Waals surface area contributed by atoms with E-state index in [4.69, 9.17) is 14.2 Å².